The first kappa shape index (κ1) is 12.9. The van der Waals surface area contributed by atoms with E-state index in [0.717, 1.165) is 18.4 Å². The van der Waals surface area contributed by atoms with Crippen molar-refractivity contribution in [3.8, 4) is 0 Å². The summed E-state index contributed by atoms with van der Waals surface area (Å²) < 4.78 is 0. The second-order valence-electron chi connectivity index (χ2n) is 5.43. The molecule has 0 amide bonds. The Balaban J connectivity index is 1.85. The summed E-state index contributed by atoms with van der Waals surface area (Å²) in [4.78, 5) is 14.7. The first-order chi connectivity index (χ1) is 9.75. The number of anilines is 1. The second-order valence-corrected chi connectivity index (χ2v) is 5.43. The highest BCUT2D eigenvalue weighted by atomic mass is 16.1. The van der Waals surface area contributed by atoms with E-state index >= 15 is 0 Å². The Morgan fingerprint density at radius 2 is 1.80 bits per heavy atom. The zero-order valence-corrected chi connectivity index (χ0v) is 11.8. The predicted molar refractivity (Wildman–Crippen MR) is 82.3 cm³/mol. The zero-order valence-electron chi connectivity index (χ0n) is 11.8. The molecule has 0 fully saturated rings. The molecule has 0 spiro atoms. The van der Waals surface area contributed by atoms with Gasteiger partial charge in [-0.1, -0.05) is 48.5 Å². The van der Waals surface area contributed by atoms with Gasteiger partial charge in [-0.05, 0) is 31.4 Å². The van der Waals surface area contributed by atoms with E-state index in [-0.39, 0.29) is 5.78 Å². The molecular formula is C18H19NO. The minimum Gasteiger partial charge on any atom is -0.361 e. The summed E-state index contributed by atoms with van der Waals surface area (Å²) in [5.74, 6) is 0.189. The van der Waals surface area contributed by atoms with Gasteiger partial charge in [0, 0.05) is 17.3 Å². The average molecular weight is 265 g/mol. The van der Waals surface area contributed by atoms with Crippen molar-refractivity contribution in [2.45, 2.75) is 25.8 Å². The highest BCUT2D eigenvalue weighted by Crippen LogP contribution is 2.30. The van der Waals surface area contributed by atoms with E-state index in [0.29, 0.717) is 12.6 Å². The van der Waals surface area contributed by atoms with E-state index in [1.807, 2.05) is 30.3 Å². The van der Waals surface area contributed by atoms with Crippen molar-refractivity contribution in [1.82, 2.24) is 0 Å². The maximum absolute atomic E-state index is 12.4. The van der Waals surface area contributed by atoms with E-state index in [1.54, 1.807) is 0 Å². The minimum absolute atomic E-state index is 0.189. The lowest BCUT2D eigenvalue weighted by atomic mass is 9.96. The fourth-order valence-corrected chi connectivity index (χ4v) is 2.87. The van der Waals surface area contributed by atoms with Crippen molar-refractivity contribution in [1.29, 1.82) is 0 Å². The molecule has 0 aromatic heterocycles. The van der Waals surface area contributed by atoms with Crippen molar-refractivity contribution in [3.05, 3.63) is 65.7 Å². The SMILES string of the molecule is CC1CCc2ccccc2N1CC(=O)c1ccccc1. The molecule has 1 aliphatic heterocycles. The maximum Gasteiger partial charge on any atom is 0.182 e. The van der Waals surface area contributed by atoms with Crippen LogP contribution in [0.1, 0.15) is 29.3 Å². The fourth-order valence-electron chi connectivity index (χ4n) is 2.87. The zero-order chi connectivity index (χ0) is 13.9. The summed E-state index contributed by atoms with van der Waals surface area (Å²) in [6, 6.07) is 18.4. The number of hydrogen-bond acceptors (Lipinski definition) is 2. The van der Waals surface area contributed by atoms with Gasteiger partial charge in [0.25, 0.3) is 0 Å². The first-order valence-electron chi connectivity index (χ1n) is 7.18. The van der Waals surface area contributed by atoms with Gasteiger partial charge in [-0.25, -0.2) is 0 Å². The van der Waals surface area contributed by atoms with Crippen LogP contribution >= 0.6 is 0 Å². The maximum atomic E-state index is 12.4. The Kier molecular flexibility index (Phi) is 3.55. The monoisotopic (exact) mass is 265 g/mol. The van der Waals surface area contributed by atoms with Crippen LogP contribution in [0.25, 0.3) is 0 Å². The first-order valence-corrected chi connectivity index (χ1v) is 7.18. The average Bonchev–Trinajstić information content (AvgIpc) is 2.51. The standard InChI is InChI=1S/C18H19NO/c1-14-11-12-15-7-5-6-10-17(15)19(14)13-18(20)16-8-3-2-4-9-16/h2-10,14H,11-13H2,1H3. The Hall–Kier alpha value is -2.09. The number of hydrogen-bond donors (Lipinski definition) is 0. The van der Waals surface area contributed by atoms with Crippen molar-refractivity contribution in [2.75, 3.05) is 11.4 Å². The lowest BCUT2D eigenvalue weighted by molar-refractivity contribution is 0.0996. The summed E-state index contributed by atoms with van der Waals surface area (Å²) in [6.07, 6.45) is 2.21. The molecule has 0 saturated carbocycles. The number of ketones is 1. The lowest BCUT2D eigenvalue weighted by Crippen LogP contribution is -2.40. The van der Waals surface area contributed by atoms with Crippen LogP contribution in [0.4, 0.5) is 5.69 Å². The molecule has 1 unspecified atom stereocenters. The molecule has 0 radical (unpaired) electrons. The molecule has 2 nitrogen and oxygen atoms in total. The number of Topliss-reactive ketones (excluding diaryl/α,β-unsaturated/α-hetero) is 1. The molecule has 20 heavy (non-hydrogen) atoms. The van der Waals surface area contributed by atoms with Crippen LogP contribution in [-0.4, -0.2) is 18.4 Å². The second kappa shape index (κ2) is 5.49. The van der Waals surface area contributed by atoms with Crippen LogP contribution in [-0.2, 0) is 6.42 Å². The number of nitrogens with zero attached hydrogens (tertiary/aromatic N) is 1. The summed E-state index contributed by atoms with van der Waals surface area (Å²) >= 11 is 0. The molecule has 2 aromatic carbocycles. The molecule has 0 saturated heterocycles. The normalized spacial score (nSPS) is 17.6. The quantitative estimate of drug-likeness (QED) is 0.788. The molecule has 2 heteroatoms. The van der Waals surface area contributed by atoms with Gasteiger partial charge in [-0.15, -0.1) is 0 Å². The number of rotatable bonds is 3. The van der Waals surface area contributed by atoms with E-state index in [4.69, 9.17) is 0 Å². The Morgan fingerprint density at radius 1 is 1.10 bits per heavy atom. The van der Waals surface area contributed by atoms with E-state index in [2.05, 4.69) is 36.1 Å². The third-order valence-corrected chi connectivity index (χ3v) is 4.07. The Morgan fingerprint density at radius 3 is 2.60 bits per heavy atom. The predicted octanol–water partition coefficient (Wildman–Crippen LogP) is 3.71. The molecule has 1 aliphatic rings. The molecule has 0 bridgehead atoms. The topological polar surface area (TPSA) is 20.3 Å². The van der Waals surface area contributed by atoms with E-state index < -0.39 is 0 Å². The summed E-state index contributed by atoms with van der Waals surface area (Å²) in [5, 5.41) is 0. The van der Waals surface area contributed by atoms with Crippen LogP contribution in [0.3, 0.4) is 0 Å². The van der Waals surface area contributed by atoms with Crippen LogP contribution in [0, 0.1) is 0 Å². The number of aryl methyl sites for hydroxylation is 1. The highest BCUT2D eigenvalue weighted by Gasteiger charge is 2.24. The summed E-state index contributed by atoms with van der Waals surface area (Å²) in [7, 11) is 0. The molecule has 2 aromatic rings. The van der Waals surface area contributed by atoms with Gasteiger partial charge in [0.1, 0.15) is 0 Å². The minimum atomic E-state index is 0.189. The molecular weight excluding hydrogens is 246 g/mol. The van der Waals surface area contributed by atoms with Gasteiger partial charge in [0.15, 0.2) is 5.78 Å². The summed E-state index contributed by atoms with van der Waals surface area (Å²) in [5.41, 5.74) is 3.37. The van der Waals surface area contributed by atoms with Crippen LogP contribution < -0.4 is 4.90 Å². The van der Waals surface area contributed by atoms with Crippen molar-refractivity contribution in [2.24, 2.45) is 0 Å². The molecule has 0 aliphatic carbocycles. The largest absolute Gasteiger partial charge is 0.361 e. The van der Waals surface area contributed by atoms with Crippen LogP contribution in [0.15, 0.2) is 54.6 Å². The molecule has 3 rings (SSSR count). The summed E-state index contributed by atoms with van der Waals surface area (Å²) in [6.45, 7) is 2.66. The lowest BCUT2D eigenvalue weighted by Gasteiger charge is -2.36. The smallest absolute Gasteiger partial charge is 0.182 e. The van der Waals surface area contributed by atoms with E-state index in [1.165, 1.54) is 11.3 Å². The van der Waals surface area contributed by atoms with Crippen LogP contribution in [0.2, 0.25) is 0 Å². The molecule has 102 valence electrons. The third-order valence-electron chi connectivity index (χ3n) is 4.07. The fraction of sp³-hybridized carbons (Fsp3) is 0.278. The Labute approximate surface area is 120 Å². The van der Waals surface area contributed by atoms with Gasteiger partial charge in [-0.3, -0.25) is 4.79 Å². The van der Waals surface area contributed by atoms with E-state index in [9.17, 15) is 4.79 Å². The number of benzene rings is 2. The van der Waals surface area contributed by atoms with Crippen molar-refractivity contribution < 1.29 is 4.79 Å². The van der Waals surface area contributed by atoms with Crippen LogP contribution in [0.5, 0.6) is 0 Å². The number of fused-ring (bicyclic) bond motifs is 1. The van der Waals surface area contributed by atoms with Gasteiger partial charge in [0.05, 0.1) is 6.54 Å². The number of para-hydroxylation sites is 1. The number of carbonyl (C=O) groups is 1. The van der Waals surface area contributed by atoms with Crippen molar-refractivity contribution >= 4 is 11.5 Å². The molecule has 1 heterocycles. The van der Waals surface area contributed by atoms with Gasteiger partial charge in [0.2, 0.25) is 0 Å². The Bertz CT molecular complexity index is 606. The number of carbonyl (C=O) groups excluding carboxylic acids is 1. The molecule has 0 N–H and O–H groups in total. The molecule has 1 atom stereocenters. The third kappa shape index (κ3) is 2.46. The van der Waals surface area contributed by atoms with Gasteiger partial charge >= 0.3 is 0 Å². The highest BCUT2D eigenvalue weighted by molar-refractivity contribution is 5.99. The van der Waals surface area contributed by atoms with Gasteiger partial charge in [-0.2, -0.15) is 0 Å². The van der Waals surface area contributed by atoms with Crippen molar-refractivity contribution in [3.63, 3.8) is 0 Å². The van der Waals surface area contributed by atoms with Gasteiger partial charge < -0.3 is 4.90 Å².